The van der Waals surface area contributed by atoms with Crippen LogP contribution in [0.3, 0.4) is 0 Å². The summed E-state index contributed by atoms with van der Waals surface area (Å²) < 4.78 is 29.9. The average Bonchev–Trinajstić information content (AvgIpc) is 3.03. The van der Waals surface area contributed by atoms with E-state index in [2.05, 4.69) is 21.2 Å². The first-order valence-corrected chi connectivity index (χ1v) is 17.0. The number of anilines is 1. The number of hydrogen-bond donors (Lipinski definition) is 1. The zero-order valence-electron chi connectivity index (χ0n) is 24.0. The van der Waals surface area contributed by atoms with Crippen LogP contribution in [0.25, 0.3) is 0 Å². The van der Waals surface area contributed by atoms with Gasteiger partial charge >= 0.3 is 0 Å². The van der Waals surface area contributed by atoms with Gasteiger partial charge in [-0.15, -0.1) is 0 Å². The van der Waals surface area contributed by atoms with Crippen LogP contribution in [0.5, 0.6) is 0 Å². The molecular weight excluding hydrogens is 685 g/mol. The summed E-state index contributed by atoms with van der Waals surface area (Å²) in [6.07, 6.45) is 0.933. The van der Waals surface area contributed by atoms with Crippen LogP contribution in [-0.4, -0.2) is 44.3 Å². The molecule has 2 amide bonds. The maximum atomic E-state index is 14.4. The van der Waals surface area contributed by atoms with E-state index in [0.29, 0.717) is 13.0 Å². The predicted octanol–water partition coefficient (Wildman–Crippen LogP) is 7.12. The van der Waals surface area contributed by atoms with Gasteiger partial charge in [0.05, 0.1) is 15.6 Å². The van der Waals surface area contributed by atoms with Crippen LogP contribution in [-0.2, 0) is 32.6 Å². The Kier molecular flexibility index (Phi) is 11.9. The molecule has 4 aromatic rings. The van der Waals surface area contributed by atoms with Gasteiger partial charge in [-0.05, 0) is 60.0 Å². The first kappa shape index (κ1) is 33.5. The molecule has 0 aliphatic rings. The van der Waals surface area contributed by atoms with Gasteiger partial charge in [0, 0.05) is 29.0 Å². The second-order valence-corrected chi connectivity index (χ2v) is 13.7. The Labute approximate surface area is 277 Å². The molecule has 1 atom stereocenters. The highest BCUT2D eigenvalue weighted by Gasteiger charge is 2.35. The lowest BCUT2D eigenvalue weighted by Gasteiger charge is -2.34. The molecule has 44 heavy (non-hydrogen) atoms. The number of carbonyl (C=O) groups is 2. The molecule has 11 heteroatoms. The van der Waals surface area contributed by atoms with Crippen molar-refractivity contribution in [1.29, 1.82) is 0 Å². The van der Waals surface area contributed by atoms with Crippen molar-refractivity contribution >= 4 is 66.7 Å². The van der Waals surface area contributed by atoms with Crippen molar-refractivity contribution in [2.45, 2.75) is 37.2 Å². The van der Waals surface area contributed by atoms with Crippen LogP contribution in [0.1, 0.15) is 24.5 Å². The Morgan fingerprint density at radius 3 is 2.14 bits per heavy atom. The number of halogens is 3. The minimum atomic E-state index is -4.28. The summed E-state index contributed by atoms with van der Waals surface area (Å²) in [4.78, 5) is 29.5. The lowest BCUT2D eigenvalue weighted by molar-refractivity contribution is -0.140. The molecule has 0 bridgehead atoms. The zero-order chi connectivity index (χ0) is 31.7. The number of amides is 2. The minimum Gasteiger partial charge on any atom is -0.354 e. The largest absolute Gasteiger partial charge is 0.354 e. The van der Waals surface area contributed by atoms with Crippen LogP contribution in [0.2, 0.25) is 10.0 Å². The number of nitrogens with one attached hydrogen (secondary N) is 1. The monoisotopic (exact) mass is 715 g/mol. The number of nitrogens with zero attached hydrogens (tertiary/aromatic N) is 2. The highest BCUT2D eigenvalue weighted by Crippen LogP contribution is 2.33. The summed E-state index contributed by atoms with van der Waals surface area (Å²) in [7, 11) is -4.28. The van der Waals surface area contributed by atoms with Crippen LogP contribution in [0.15, 0.2) is 112 Å². The second kappa shape index (κ2) is 15.6. The fourth-order valence-corrected chi connectivity index (χ4v) is 6.76. The lowest BCUT2D eigenvalue weighted by atomic mass is 10.0. The van der Waals surface area contributed by atoms with Gasteiger partial charge in [0.1, 0.15) is 12.6 Å². The normalized spacial score (nSPS) is 11.9. The van der Waals surface area contributed by atoms with Gasteiger partial charge in [-0.2, -0.15) is 0 Å². The van der Waals surface area contributed by atoms with E-state index in [0.717, 1.165) is 19.9 Å². The molecule has 0 aliphatic carbocycles. The summed E-state index contributed by atoms with van der Waals surface area (Å²) in [5, 5.41) is 3.28. The Balaban J connectivity index is 1.81. The zero-order valence-corrected chi connectivity index (χ0v) is 27.9. The first-order chi connectivity index (χ1) is 21.1. The Hall–Kier alpha value is -3.37. The smallest absolute Gasteiger partial charge is 0.264 e. The van der Waals surface area contributed by atoms with Gasteiger partial charge < -0.3 is 10.2 Å². The van der Waals surface area contributed by atoms with Crippen molar-refractivity contribution < 1.29 is 18.0 Å². The molecule has 0 radical (unpaired) electrons. The summed E-state index contributed by atoms with van der Waals surface area (Å²) >= 11 is 16.2. The fourth-order valence-electron chi connectivity index (χ4n) is 4.62. The number of benzene rings is 4. The van der Waals surface area contributed by atoms with Crippen LogP contribution < -0.4 is 9.62 Å². The predicted molar refractivity (Wildman–Crippen MR) is 179 cm³/mol. The van der Waals surface area contributed by atoms with Crippen LogP contribution in [0.4, 0.5) is 5.69 Å². The minimum absolute atomic E-state index is 0.0233. The Bertz CT molecular complexity index is 1670. The van der Waals surface area contributed by atoms with Crippen molar-refractivity contribution in [3.05, 3.63) is 129 Å². The highest BCUT2D eigenvalue weighted by atomic mass is 79.9. The summed E-state index contributed by atoms with van der Waals surface area (Å²) in [5.74, 6) is -0.921. The molecule has 0 saturated heterocycles. The molecular formula is C33H32BrCl2N3O4S. The van der Waals surface area contributed by atoms with Gasteiger partial charge in [-0.3, -0.25) is 13.9 Å². The van der Waals surface area contributed by atoms with Gasteiger partial charge in [0.25, 0.3) is 10.0 Å². The van der Waals surface area contributed by atoms with Gasteiger partial charge in [0.2, 0.25) is 11.8 Å². The first-order valence-electron chi connectivity index (χ1n) is 14.0. The van der Waals surface area contributed by atoms with E-state index < -0.39 is 28.5 Å². The number of hydrogen-bond acceptors (Lipinski definition) is 4. The second-order valence-electron chi connectivity index (χ2n) is 10.1. The molecule has 0 aromatic heterocycles. The Morgan fingerprint density at radius 2 is 1.50 bits per heavy atom. The standard InChI is InChI=1S/C33H32BrCl2N3O4S/c1-2-19-37-33(41)31(20-24-9-5-3-6-10-24)38(22-25-13-15-26(34)16-14-25)32(40)23-39(30-21-27(35)17-18-29(30)36)44(42,43)28-11-7-4-8-12-28/h3-18,21,31H,2,19-20,22-23H2,1H3,(H,37,41). The number of carbonyl (C=O) groups excluding carboxylic acids is 2. The number of sulfonamides is 1. The molecule has 1 N–H and O–H groups in total. The molecule has 0 saturated carbocycles. The maximum absolute atomic E-state index is 14.4. The van der Waals surface area contributed by atoms with Gasteiger partial charge in [-0.25, -0.2) is 8.42 Å². The van der Waals surface area contributed by atoms with E-state index in [4.69, 9.17) is 23.2 Å². The molecule has 7 nitrogen and oxygen atoms in total. The summed E-state index contributed by atoms with van der Waals surface area (Å²) in [5.41, 5.74) is 1.67. The molecule has 4 aromatic carbocycles. The molecule has 0 spiro atoms. The molecule has 1 unspecified atom stereocenters. The summed E-state index contributed by atoms with van der Waals surface area (Å²) in [6, 6.07) is 28.1. The number of rotatable bonds is 13. The van der Waals surface area contributed by atoms with Crippen molar-refractivity contribution in [1.82, 2.24) is 10.2 Å². The van der Waals surface area contributed by atoms with E-state index in [1.165, 1.54) is 35.2 Å². The van der Waals surface area contributed by atoms with Crippen molar-refractivity contribution in [3.8, 4) is 0 Å². The van der Waals surface area contributed by atoms with E-state index in [1.54, 1.807) is 18.2 Å². The van der Waals surface area contributed by atoms with Gasteiger partial charge in [0.15, 0.2) is 0 Å². The third-order valence-corrected chi connectivity index (χ3v) is 9.73. The Morgan fingerprint density at radius 1 is 0.864 bits per heavy atom. The topological polar surface area (TPSA) is 86.8 Å². The molecule has 0 fully saturated rings. The van der Waals surface area contributed by atoms with Crippen LogP contribution in [0, 0.1) is 0 Å². The maximum Gasteiger partial charge on any atom is 0.264 e. The summed E-state index contributed by atoms with van der Waals surface area (Å²) in [6.45, 7) is 1.81. The molecule has 0 aliphatic heterocycles. The van der Waals surface area contributed by atoms with Crippen molar-refractivity contribution in [3.63, 3.8) is 0 Å². The van der Waals surface area contributed by atoms with Gasteiger partial charge in [-0.1, -0.05) is 107 Å². The van der Waals surface area contributed by atoms with E-state index in [1.807, 2.05) is 61.5 Å². The van der Waals surface area contributed by atoms with E-state index >= 15 is 0 Å². The fraction of sp³-hybridized carbons (Fsp3) is 0.212. The van der Waals surface area contributed by atoms with Crippen LogP contribution >= 0.6 is 39.1 Å². The van der Waals surface area contributed by atoms with Crippen molar-refractivity contribution in [2.24, 2.45) is 0 Å². The molecule has 230 valence electrons. The highest BCUT2D eigenvalue weighted by molar-refractivity contribution is 9.10. The third kappa shape index (κ3) is 8.63. The third-order valence-electron chi connectivity index (χ3n) is 6.87. The lowest BCUT2D eigenvalue weighted by Crippen LogP contribution is -2.53. The van der Waals surface area contributed by atoms with E-state index in [9.17, 15) is 18.0 Å². The average molecular weight is 718 g/mol. The van der Waals surface area contributed by atoms with E-state index in [-0.39, 0.29) is 39.5 Å². The SMILES string of the molecule is CCCNC(=O)C(Cc1ccccc1)N(Cc1ccc(Br)cc1)C(=O)CN(c1cc(Cl)ccc1Cl)S(=O)(=O)c1ccccc1. The molecule has 0 heterocycles. The quantitative estimate of drug-likeness (QED) is 0.160. The molecule has 4 rings (SSSR count). The van der Waals surface area contributed by atoms with Crippen molar-refractivity contribution in [2.75, 3.05) is 17.4 Å².